The fourth-order valence-corrected chi connectivity index (χ4v) is 6.51. The van der Waals surface area contributed by atoms with E-state index in [0.717, 1.165) is 38.0 Å². The summed E-state index contributed by atoms with van der Waals surface area (Å²) >= 11 is 0. The molecular formula is C31H40N2O4. The van der Waals surface area contributed by atoms with E-state index in [2.05, 4.69) is 31.4 Å². The van der Waals surface area contributed by atoms with Crippen molar-refractivity contribution in [3.63, 3.8) is 0 Å². The van der Waals surface area contributed by atoms with E-state index >= 15 is 0 Å². The Labute approximate surface area is 220 Å². The molecule has 2 aliphatic rings. The second-order valence-electron chi connectivity index (χ2n) is 11.1. The Hall–Kier alpha value is -3.12. The average Bonchev–Trinajstić information content (AvgIpc) is 2.87. The summed E-state index contributed by atoms with van der Waals surface area (Å²) < 4.78 is 6.04. The maximum Gasteiger partial charge on any atom is 0.302 e. The summed E-state index contributed by atoms with van der Waals surface area (Å²) in [6, 6.07) is 16.8. The van der Waals surface area contributed by atoms with Gasteiger partial charge in [-0.15, -0.1) is 6.58 Å². The summed E-state index contributed by atoms with van der Waals surface area (Å²) in [5.41, 5.74) is 1.38. The van der Waals surface area contributed by atoms with Gasteiger partial charge >= 0.3 is 5.97 Å². The predicted octanol–water partition coefficient (Wildman–Crippen LogP) is 5.03. The van der Waals surface area contributed by atoms with Crippen LogP contribution in [0.25, 0.3) is 0 Å². The fourth-order valence-electron chi connectivity index (χ4n) is 6.51. The number of likely N-dealkylation sites (tertiary alicyclic amines) is 1. The molecule has 1 saturated carbocycles. The zero-order valence-corrected chi connectivity index (χ0v) is 22.3. The standard InChI is InChI=1S/C31H40N2O4/c1-5-15-32-16-14-31(25-12-9-13-27(35)17-25)19-26(18-29(28(31)21-32)37-23(4)34)33(20-22(2)3)30(36)24-10-7-6-8-11-24/h5-13,17,22,26,28-29,35H,1,14-16,18-21H2,2-4H3/t26-,28?,29?,31?/m0/s1. The Morgan fingerprint density at radius 1 is 1.22 bits per heavy atom. The van der Waals surface area contributed by atoms with Crippen molar-refractivity contribution >= 4 is 11.9 Å². The number of carbonyl (C=O) groups excluding carboxylic acids is 2. The number of aromatic hydroxyl groups is 1. The highest BCUT2D eigenvalue weighted by atomic mass is 16.5. The van der Waals surface area contributed by atoms with Gasteiger partial charge in [-0.1, -0.05) is 50.3 Å². The number of piperidine rings is 1. The molecule has 1 N–H and O–H groups in total. The SMILES string of the molecule is C=CCN1CCC2(c3cccc(O)c3)C[C@@H](N(CC(C)C)C(=O)c3ccccc3)CC(OC(C)=O)C2C1. The van der Waals surface area contributed by atoms with Crippen LogP contribution in [0.1, 0.15) is 56.0 Å². The number of ether oxygens (including phenoxy) is 1. The number of fused-ring (bicyclic) bond motifs is 1. The summed E-state index contributed by atoms with van der Waals surface area (Å²) in [5.74, 6) is 0.250. The highest BCUT2D eigenvalue weighted by Crippen LogP contribution is 2.51. The van der Waals surface area contributed by atoms with Crippen molar-refractivity contribution in [3.05, 3.63) is 78.4 Å². The monoisotopic (exact) mass is 504 g/mol. The van der Waals surface area contributed by atoms with Crippen molar-refractivity contribution in [2.24, 2.45) is 11.8 Å². The maximum atomic E-state index is 13.9. The number of amides is 1. The molecule has 2 aromatic carbocycles. The van der Waals surface area contributed by atoms with Gasteiger partial charge < -0.3 is 14.7 Å². The zero-order chi connectivity index (χ0) is 26.6. The highest BCUT2D eigenvalue weighted by molar-refractivity contribution is 5.94. The normalized spacial score (nSPS) is 25.8. The first-order chi connectivity index (χ1) is 17.7. The van der Waals surface area contributed by atoms with Crippen molar-refractivity contribution in [1.29, 1.82) is 0 Å². The van der Waals surface area contributed by atoms with E-state index < -0.39 is 0 Å². The number of phenolic OH excluding ortho intramolecular Hbond substituents is 1. The average molecular weight is 505 g/mol. The molecule has 1 aliphatic carbocycles. The fraction of sp³-hybridized carbons (Fsp3) is 0.484. The van der Waals surface area contributed by atoms with Gasteiger partial charge in [0.25, 0.3) is 5.91 Å². The number of hydrogen-bond donors (Lipinski definition) is 1. The lowest BCUT2D eigenvalue weighted by atomic mass is 9.56. The molecule has 1 saturated heterocycles. The summed E-state index contributed by atoms with van der Waals surface area (Å²) in [4.78, 5) is 30.6. The molecule has 6 nitrogen and oxygen atoms in total. The number of carbonyl (C=O) groups is 2. The van der Waals surface area contributed by atoms with Crippen LogP contribution >= 0.6 is 0 Å². The molecular weight excluding hydrogens is 464 g/mol. The van der Waals surface area contributed by atoms with Gasteiger partial charge in [0.2, 0.25) is 0 Å². The summed E-state index contributed by atoms with van der Waals surface area (Å²) in [6.45, 7) is 12.7. The number of nitrogens with zero attached hydrogens (tertiary/aromatic N) is 2. The molecule has 6 heteroatoms. The molecule has 4 atom stereocenters. The van der Waals surface area contributed by atoms with E-state index in [0.29, 0.717) is 18.5 Å². The van der Waals surface area contributed by atoms with Crippen LogP contribution in [-0.2, 0) is 14.9 Å². The first-order valence-electron chi connectivity index (χ1n) is 13.4. The second kappa shape index (κ2) is 11.5. The Morgan fingerprint density at radius 2 is 1.97 bits per heavy atom. The molecule has 1 heterocycles. The van der Waals surface area contributed by atoms with Crippen LogP contribution in [0.15, 0.2) is 67.3 Å². The van der Waals surface area contributed by atoms with Crippen LogP contribution in [0.3, 0.4) is 0 Å². The number of rotatable bonds is 8. The summed E-state index contributed by atoms with van der Waals surface area (Å²) in [7, 11) is 0. The molecule has 2 aromatic rings. The summed E-state index contributed by atoms with van der Waals surface area (Å²) in [6.07, 6.45) is 3.77. The molecule has 37 heavy (non-hydrogen) atoms. The van der Waals surface area contributed by atoms with Crippen LogP contribution in [0.5, 0.6) is 5.75 Å². The van der Waals surface area contributed by atoms with Gasteiger partial charge in [0.1, 0.15) is 11.9 Å². The maximum absolute atomic E-state index is 13.9. The molecule has 0 radical (unpaired) electrons. The van der Waals surface area contributed by atoms with Crippen LogP contribution < -0.4 is 0 Å². The van der Waals surface area contributed by atoms with E-state index in [4.69, 9.17) is 4.74 Å². The first-order valence-corrected chi connectivity index (χ1v) is 13.4. The number of hydrogen-bond acceptors (Lipinski definition) is 5. The largest absolute Gasteiger partial charge is 0.508 e. The Balaban J connectivity index is 1.80. The van der Waals surface area contributed by atoms with Crippen molar-refractivity contribution in [1.82, 2.24) is 9.80 Å². The van der Waals surface area contributed by atoms with E-state index in [9.17, 15) is 14.7 Å². The van der Waals surface area contributed by atoms with Gasteiger partial charge in [-0.25, -0.2) is 0 Å². The van der Waals surface area contributed by atoms with Gasteiger partial charge in [0.15, 0.2) is 0 Å². The van der Waals surface area contributed by atoms with E-state index in [1.165, 1.54) is 6.92 Å². The van der Waals surface area contributed by atoms with Gasteiger partial charge in [0.05, 0.1) is 0 Å². The van der Waals surface area contributed by atoms with Gasteiger partial charge in [0, 0.05) is 55.9 Å². The van der Waals surface area contributed by atoms with Crippen LogP contribution in [-0.4, -0.2) is 65.1 Å². The summed E-state index contributed by atoms with van der Waals surface area (Å²) in [5, 5.41) is 10.4. The molecule has 0 aromatic heterocycles. The second-order valence-corrected chi connectivity index (χ2v) is 11.1. The highest BCUT2D eigenvalue weighted by Gasteiger charge is 2.54. The van der Waals surface area contributed by atoms with Crippen LogP contribution in [0.4, 0.5) is 0 Å². The first kappa shape index (κ1) is 26.9. The third-order valence-corrected chi connectivity index (χ3v) is 8.00. The van der Waals surface area contributed by atoms with Gasteiger partial charge in [-0.05, 0) is 55.1 Å². The van der Waals surface area contributed by atoms with Crippen molar-refractivity contribution in [2.45, 2.75) is 57.6 Å². The lowest BCUT2D eigenvalue weighted by Gasteiger charge is -2.56. The molecule has 2 fully saturated rings. The minimum atomic E-state index is -0.343. The predicted molar refractivity (Wildman–Crippen MR) is 145 cm³/mol. The van der Waals surface area contributed by atoms with Crippen molar-refractivity contribution < 1.29 is 19.4 Å². The zero-order valence-electron chi connectivity index (χ0n) is 22.3. The van der Waals surface area contributed by atoms with Crippen molar-refractivity contribution in [3.8, 4) is 5.75 Å². The third-order valence-electron chi connectivity index (χ3n) is 8.00. The van der Waals surface area contributed by atoms with Crippen LogP contribution in [0, 0.1) is 11.8 Å². The third kappa shape index (κ3) is 5.90. The van der Waals surface area contributed by atoms with Crippen LogP contribution in [0.2, 0.25) is 0 Å². The smallest absolute Gasteiger partial charge is 0.302 e. The quantitative estimate of drug-likeness (QED) is 0.403. The van der Waals surface area contributed by atoms with E-state index in [-0.39, 0.29) is 47.0 Å². The Kier molecular flexibility index (Phi) is 8.38. The molecule has 4 rings (SSSR count). The topological polar surface area (TPSA) is 70.1 Å². The van der Waals surface area contributed by atoms with Crippen molar-refractivity contribution in [2.75, 3.05) is 26.2 Å². The number of phenols is 1. The van der Waals surface area contributed by atoms with E-state index in [1.807, 2.05) is 53.4 Å². The molecule has 1 amide bonds. The molecule has 0 spiro atoms. The van der Waals surface area contributed by atoms with E-state index in [1.54, 1.807) is 6.07 Å². The molecule has 0 bridgehead atoms. The Morgan fingerprint density at radius 3 is 2.62 bits per heavy atom. The Bertz CT molecular complexity index is 1100. The molecule has 198 valence electrons. The molecule has 3 unspecified atom stereocenters. The lowest BCUT2D eigenvalue weighted by molar-refractivity contribution is -0.158. The minimum Gasteiger partial charge on any atom is -0.508 e. The van der Waals surface area contributed by atoms with Gasteiger partial charge in [-0.3, -0.25) is 14.5 Å². The van der Waals surface area contributed by atoms with Gasteiger partial charge in [-0.2, -0.15) is 0 Å². The molecule has 1 aliphatic heterocycles. The number of benzene rings is 2. The number of esters is 1. The minimum absolute atomic E-state index is 0.00878. The lowest BCUT2D eigenvalue weighted by Crippen LogP contribution is -2.62.